The average Bonchev–Trinajstić information content (AvgIpc) is 2.80. The van der Waals surface area contributed by atoms with E-state index in [-0.39, 0.29) is 17.2 Å². The summed E-state index contributed by atoms with van der Waals surface area (Å²) in [7, 11) is 0. The minimum Gasteiger partial charge on any atom is -0.478 e. The minimum absolute atomic E-state index is 0.0760. The highest BCUT2D eigenvalue weighted by Crippen LogP contribution is 2.28. The summed E-state index contributed by atoms with van der Waals surface area (Å²) < 4.78 is 0. The largest absolute Gasteiger partial charge is 0.478 e. The molecule has 0 spiro atoms. The molecule has 0 atom stereocenters. The van der Waals surface area contributed by atoms with E-state index < -0.39 is 11.7 Å². The number of hydrogen-bond acceptors (Lipinski definition) is 4. The maximum Gasteiger partial charge on any atom is 0.345 e. The molecule has 0 aliphatic carbocycles. The van der Waals surface area contributed by atoms with Crippen LogP contribution in [-0.2, 0) is 0 Å². The number of rotatable bonds is 3. The van der Waals surface area contributed by atoms with Crippen molar-refractivity contribution in [1.82, 2.24) is 9.97 Å². The van der Waals surface area contributed by atoms with Gasteiger partial charge in [0.1, 0.15) is 11.3 Å². The molecular formula is C12H12N2O3S. The summed E-state index contributed by atoms with van der Waals surface area (Å²) >= 11 is 1.36. The van der Waals surface area contributed by atoms with Gasteiger partial charge in [-0.1, -0.05) is 19.9 Å². The van der Waals surface area contributed by atoms with Crippen molar-refractivity contribution in [3.63, 3.8) is 0 Å². The third-order valence-corrected chi connectivity index (χ3v) is 3.38. The van der Waals surface area contributed by atoms with Gasteiger partial charge in [-0.3, -0.25) is 0 Å². The van der Waals surface area contributed by atoms with Crippen LogP contribution in [0.15, 0.2) is 22.3 Å². The van der Waals surface area contributed by atoms with E-state index in [0.29, 0.717) is 10.6 Å². The molecule has 0 saturated carbocycles. The first-order valence-corrected chi connectivity index (χ1v) is 6.30. The smallest absolute Gasteiger partial charge is 0.345 e. The zero-order chi connectivity index (χ0) is 13.3. The lowest BCUT2D eigenvalue weighted by Gasteiger charge is -2.11. The van der Waals surface area contributed by atoms with Crippen molar-refractivity contribution in [3.8, 4) is 10.6 Å². The van der Waals surface area contributed by atoms with Gasteiger partial charge in [-0.2, -0.15) is 4.98 Å². The summed E-state index contributed by atoms with van der Waals surface area (Å²) in [6.07, 6.45) is 0. The highest BCUT2D eigenvalue weighted by molar-refractivity contribution is 7.13. The number of thiophene rings is 1. The highest BCUT2D eigenvalue weighted by atomic mass is 32.1. The Labute approximate surface area is 107 Å². The first-order chi connectivity index (χ1) is 8.50. The Balaban J connectivity index is 2.80. The SMILES string of the molecule is CC(C)c1[nH]c(=O)nc(-c2cccs2)c1C(=O)O. The van der Waals surface area contributed by atoms with E-state index in [4.69, 9.17) is 0 Å². The molecule has 94 valence electrons. The third kappa shape index (κ3) is 2.19. The van der Waals surface area contributed by atoms with Crippen LogP contribution in [0.1, 0.15) is 35.8 Å². The first-order valence-electron chi connectivity index (χ1n) is 5.42. The second kappa shape index (κ2) is 4.73. The van der Waals surface area contributed by atoms with Gasteiger partial charge in [0.15, 0.2) is 0 Å². The van der Waals surface area contributed by atoms with Gasteiger partial charge in [0.2, 0.25) is 0 Å². The van der Waals surface area contributed by atoms with Crippen LogP contribution in [-0.4, -0.2) is 21.0 Å². The number of aromatic carboxylic acids is 1. The predicted octanol–water partition coefficient (Wildman–Crippen LogP) is 2.32. The number of aromatic amines is 1. The van der Waals surface area contributed by atoms with Crippen molar-refractivity contribution >= 4 is 17.3 Å². The van der Waals surface area contributed by atoms with Crippen LogP contribution in [0.5, 0.6) is 0 Å². The Morgan fingerprint density at radius 1 is 1.50 bits per heavy atom. The van der Waals surface area contributed by atoms with Crippen molar-refractivity contribution < 1.29 is 9.90 Å². The Bertz CT molecular complexity index is 629. The van der Waals surface area contributed by atoms with Crippen LogP contribution in [0.3, 0.4) is 0 Å². The molecule has 0 amide bonds. The Morgan fingerprint density at radius 2 is 2.22 bits per heavy atom. The number of hydrogen-bond donors (Lipinski definition) is 2. The molecule has 2 aromatic heterocycles. The van der Waals surface area contributed by atoms with Gasteiger partial charge in [-0.05, 0) is 17.4 Å². The highest BCUT2D eigenvalue weighted by Gasteiger charge is 2.22. The van der Waals surface area contributed by atoms with Gasteiger partial charge < -0.3 is 10.1 Å². The van der Waals surface area contributed by atoms with Crippen LogP contribution >= 0.6 is 11.3 Å². The van der Waals surface area contributed by atoms with Crippen LogP contribution in [0.2, 0.25) is 0 Å². The van der Waals surface area contributed by atoms with E-state index in [2.05, 4.69) is 9.97 Å². The van der Waals surface area contributed by atoms with Crippen LogP contribution in [0.4, 0.5) is 0 Å². The third-order valence-electron chi connectivity index (χ3n) is 2.51. The summed E-state index contributed by atoms with van der Waals surface area (Å²) in [6.45, 7) is 3.66. The van der Waals surface area contributed by atoms with Gasteiger partial charge >= 0.3 is 11.7 Å². The van der Waals surface area contributed by atoms with Crippen molar-refractivity contribution in [2.45, 2.75) is 19.8 Å². The second-order valence-corrected chi connectivity index (χ2v) is 5.06. The fourth-order valence-electron chi connectivity index (χ4n) is 1.73. The lowest BCUT2D eigenvalue weighted by molar-refractivity contribution is 0.0695. The average molecular weight is 264 g/mol. The Hall–Kier alpha value is -1.95. The molecule has 0 aliphatic heterocycles. The van der Waals surface area contributed by atoms with E-state index in [1.54, 1.807) is 12.1 Å². The quantitative estimate of drug-likeness (QED) is 0.891. The monoisotopic (exact) mass is 264 g/mol. The molecule has 5 nitrogen and oxygen atoms in total. The van der Waals surface area contributed by atoms with Gasteiger partial charge in [-0.25, -0.2) is 9.59 Å². The number of nitrogens with zero attached hydrogens (tertiary/aromatic N) is 1. The summed E-state index contributed by atoms with van der Waals surface area (Å²) in [5.74, 6) is -1.17. The lowest BCUT2D eigenvalue weighted by Crippen LogP contribution is -2.20. The number of H-pyrrole nitrogens is 1. The van der Waals surface area contributed by atoms with Crippen LogP contribution in [0, 0.1) is 0 Å². The summed E-state index contributed by atoms with van der Waals surface area (Å²) in [5, 5.41) is 11.1. The van der Waals surface area contributed by atoms with Gasteiger partial charge in [-0.15, -0.1) is 11.3 Å². The molecule has 2 N–H and O–H groups in total. The standard InChI is InChI=1S/C12H12N2O3S/c1-6(2)9-8(11(15)16)10(14-12(17)13-9)7-4-3-5-18-7/h3-6H,1-2H3,(H,15,16)(H,13,14,17). The molecule has 2 aromatic rings. The fourth-order valence-corrected chi connectivity index (χ4v) is 2.45. The number of carbonyl (C=O) groups is 1. The van der Waals surface area contributed by atoms with Crippen molar-refractivity contribution in [1.29, 1.82) is 0 Å². The molecule has 0 aromatic carbocycles. The zero-order valence-electron chi connectivity index (χ0n) is 9.93. The molecule has 0 unspecified atom stereocenters. The van der Waals surface area contributed by atoms with E-state index in [1.807, 2.05) is 19.2 Å². The molecule has 0 saturated heterocycles. The van der Waals surface area contributed by atoms with E-state index in [0.717, 1.165) is 0 Å². The summed E-state index contributed by atoms with van der Waals surface area (Å²) in [4.78, 5) is 29.9. The topological polar surface area (TPSA) is 83.0 Å². The second-order valence-electron chi connectivity index (χ2n) is 4.12. The summed E-state index contributed by atoms with van der Waals surface area (Å²) in [6, 6.07) is 3.55. The molecule has 2 rings (SSSR count). The van der Waals surface area contributed by atoms with Gasteiger partial charge in [0, 0.05) is 5.69 Å². The molecule has 0 radical (unpaired) electrons. The molecule has 18 heavy (non-hydrogen) atoms. The van der Waals surface area contributed by atoms with Crippen molar-refractivity contribution in [2.75, 3.05) is 0 Å². The Morgan fingerprint density at radius 3 is 2.72 bits per heavy atom. The van der Waals surface area contributed by atoms with E-state index in [1.165, 1.54) is 11.3 Å². The maximum absolute atomic E-state index is 11.5. The number of carboxylic acids is 1. The maximum atomic E-state index is 11.5. The Kier molecular flexibility index (Phi) is 3.29. The fraction of sp³-hybridized carbons (Fsp3) is 0.250. The summed E-state index contributed by atoms with van der Waals surface area (Å²) in [5.41, 5.74) is 0.204. The van der Waals surface area contributed by atoms with Crippen LogP contribution < -0.4 is 5.69 Å². The molecule has 0 aliphatic rings. The minimum atomic E-state index is -1.08. The normalized spacial score (nSPS) is 10.8. The molecule has 0 fully saturated rings. The van der Waals surface area contributed by atoms with E-state index >= 15 is 0 Å². The number of aromatic nitrogens is 2. The molecular weight excluding hydrogens is 252 g/mol. The number of carboxylic acid groups (broad SMARTS) is 1. The molecule has 0 bridgehead atoms. The molecule has 2 heterocycles. The van der Waals surface area contributed by atoms with Crippen molar-refractivity contribution in [3.05, 3.63) is 39.3 Å². The number of nitrogens with one attached hydrogen (secondary N) is 1. The van der Waals surface area contributed by atoms with Gasteiger partial charge in [0.05, 0.1) is 4.88 Å². The van der Waals surface area contributed by atoms with Crippen LogP contribution in [0.25, 0.3) is 10.6 Å². The van der Waals surface area contributed by atoms with Crippen molar-refractivity contribution in [2.24, 2.45) is 0 Å². The molecule has 6 heteroatoms. The first kappa shape index (κ1) is 12.5. The zero-order valence-corrected chi connectivity index (χ0v) is 10.7. The predicted molar refractivity (Wildman–Crippen MR) is 69.2 cm³/mol. The van der Waals surface area contributed by atoms with Gasteiger partial charge in [0.25, 0.3) is 0 Å². The lowest BCUT2D eigenvalue weighted by atomic mass is 10.0. The van der Waals surface area contributed by atoms with E-state index in [9.17, 15) is 14.7 Å².